The molecule has 5 nitrogen and oxygen atoms in total. The summed E-state index contributed by atoms with van der Waals surface area (Å²) < 4.78 is 0. The summed E-state index contributed by atoms with van der Waals surface area (Å²) in [5, 5.41) is 0. The molecule has 1 heterocycles. The highest BCUT2D eigenvalue weighted by atomic mass is 16.2. The van der Waals surface area contributed by atoms with Gasteiger partial charge in [-0.15, -0.1) is 0 Å². The van der Waals surface area contributed by atoms with Crippen molar-refractivity contribution in [2.45, 2.75) is 12.8 Å². The summed E-state index contributed by atoms with van der Waals surface area (Å²) >= 11 is 0. The Hall–Kier alpha value is -2.82. The van der Waals surface area contributed by atoms with Gasteiger partial charge in [0.2, 0.25) is 11.8 Å². The number of rotatable bonds is 1. The fourth-order valence-corrected chi connectivity index (χ4v) is 1.94. The van der Waals surface area contributed by atoms with E-state index >= 15 is 0 Å². The number of nitrogens with zero attached hydrogens (tertiary/aromatic N) is 1. The number of carbonyl (C=O) groups is 2. The van der Waals surface area contributed by atoms with Gasteiger partial charge in [0, 0.05) is 24.2 Å². The average Bonchev–Trinajstić information content (AvgIpc) is 2.81. The van der Waals surface area contributed by atoms with Gasteiger partial charge in [-0.25, -0.2) is 0 Å². The van der Waals surface area contributed by atoms with Crippen LogP contribution in [-0.4, -0.2) is 11.8 Å². The smallest absolute Gasteiger partial charge is 0.234 e. The van der Waals surface area contributed by atoms with Crippen molar-refractivity contribution in [1.29, 1.82) is 0 Å². The Morgan fingerprint density at radius 3 is 1.62 bits per heavy atom. The molecule has 2 aromatic rings. The highest BCUT2D eigenvalue weighted by Crippen LogP contribution is 2.22. The van der Waals surface area contributed by atoms with Gasteiger partial charge in [-0.05, 0) is 36.4 Å². The number of amides is 2. The Bertz CT molecular complexity index is 608. The maximum Gasteiger partial charge on any atom is 0.234 e. The van der Waals surface area contributed by atoms with E-state index in [9.17, 15) is 9.59 Å². The summed E-state index contributed by atoms with van der Waals surface area (Å²) in [7, 11) is 0. The van der Waals surface area contributed by atoms with Crippen LogP contribution in [0.15, 0.2) is 54.6 Å². The number of para-hydroxylation sites is 1. The first-order valence-corrected chi connectivity index (χ1v) is 6.60. The molecule has 2 aromatic carbocycles. The van der Waals surface area contributed by atoms with E-state index in [4.69, 9.17) is 11.5 Å². The van der Waals surface area contributed by atoms with Crippen molar-refractivity contribution in [3.63, 3.8) is 0 Å². The van der Waals surface area contributed by atoms with E-state index in [2.05, 4.69) is 0 Å². The molecular formula is C16H17N3O2. The van der Waals surface area contributed by atoms with Crippen molar-refractivity contribution < 1.29 is 9.59 Å². The van der Waals surface area contributed by atoms with Crippen LogP contribution in [0.1, 0.15) is 12.8 Å². The van der Waals surface area contributed by atoms with Gasteiger partial charge in [-0.3, -0.25) is 14.5 Å². The van der Waals surface area contributed by atoms with Gasteiger partial charge in [-0.2, -0.15) is 0 Å². The minimum atomic E-state index is -0.139. The van der Waals surface area contributed by atoms with Crippen LogP contribution in [0.4, 0.5) is 17.1 Å². The first-order valence-electron chi connectivity index (χ1n) is 6.60. The van der Waals surface area contributed by atoms with Crippen LogP contribution < -0.4 is 16.4 Å². The molecule has 0 bridgehead atoms. The molecule has 0 saturated carbocycles. The molecular weight excluding hydrogens is 266 g/mol. The molecule has 0 aliphatic carbocycles. The molecule has 21 heavy (non-hydrogen) atoms. The summed E-state index contributed by atoms with van der Waals surface area (Å²) in [4.78, 5) is 23.9. The second-order valence-electron chi connectivity index (χ2n) is 4.63. The number of carbonyl (C=O) groups excluding carboxylic acids is 2. The van der Waals surface area contributed by atoms with Crippen molar-refractivity contribution in [1.82, 2.24) is 0 Å². The number of hydrogen-bond acceptors (Lipinski definition) is 4. The second-order valence-corrected chi connectivity index (χ2v) is 4.63. The van der Waals surface area contributed by atoms with Gasteiger partial charge in [0.05, 0.1) is 5.69 Å². The fraction of sp³-hybridized carbons (Fsp3) is 0.125. The Morgan fingerprint density at radius 1 is 0.714 bits per heavy atom. The predicted octanol–water partition coefficient (Wildman–Crippen LogP) is 2.19. The third-order valence-corrected chi connectivity index (χ3v) is 3.00. The molecule has 1 saturated heterocycles. The van der Waals surface area contributed by atoms with E-state index in [1.807, 2.05) is 30.3 Å². The van der Waals surface area contributed by atoms with Gasteiger partial charge in [0.1, 0.15) is 0 Å². The maximum absolute atomic E-state index is 11.3. The van der Waals surface area contributed by atoms with Crippen molar-refractivity contribution in [3.05, 3.63) is 54.6 Å². The molecule has 0 atom stereocenters. The molecule has 1 aliphatic rings. The normalized spacial score (nSPS) is 13.8. The SMILES string of the molecule is Nc1ccc(N2C(=O)CCC2=O)cc1.Nc1ccccc1. The zero-order valence-corrected chi connectivity index (χ0v) is 11.5. The Balaban J connectivity index is 0.000000194. The van der Waals surface area contributed by atoms with Crippen LogP contribution in [0.3, 0.4) is 0 Å². The molecule has 108 valence electrons. The Morgan fingerprint density at radius 2 is 1.19 bits per heavy atom. The van der Waals surface area contributed by atoms with Crippen LogP contribution in [0.2, 0.25) is 0 Å². The largest absolute Gasteiger partial charge is 0.399 e. The van der Waals surface area contributed by atoms with Crippen LogP contribution >= 0.6 is 0 Å². The van der Waals surface area contributed by atoms with Crippen molar-refractivity contribution in [2.24, 2.45) is 0 Å². The van der Waals surface area contributed by atoms with Crippen LogP contribution in [0, 0.1) is 0 Å². The lowest BCUT2D eigenvalue weighted by Crippen LogP contribution is -2.28. The summed E-state index contributed by atoms with van der Waals surface area (Å²) in [6.07, 6.45) is 0.617. The lowest BCUT2D eigenvalue weighted by molar-refractivity contribution is -0.121. The number of anilines is 3. The monoisotopic (exact) mass is 283 g/mol. The molecule has 3 rings (SSSR count). The van der Waals surface area contributed by atoms with E-state index in [-0.39, 0.29) is 11.8 Å². The lowest BCUT2D eigenvalue weighted by Gasteiger charge is -2.13. The van der Waals surface area contributed by atoms with E-state index in [1.165, 1.54) is 4.90 Å². The van der Waals surface area contributed by atoms with Gasteiger partial charge in [0.25, 0.3) is 0 Å². The summed E-state index contributed by atoms with van der Waals surface area (Å²) in [5.74, 6) is -0.278. The maximum atomic E-state index is 11.3. The lowest BCUT2D eigenvalue weighted by atomic mass is 10.2. The van der Waals surface area contributed by atoms with Crippen molar-refractivity contribution in [3.8, 4) is 0 Å². The molecule has 1 fully saturated rings. The molecule has 1 aliphatic heterocycles. The summed E-state index contributed by atoms with van der Waals surface area (Å²) in [6, 6.07) is 16.2. The quantitative estimate of drug-likeness (QED) is 0.620. The second kappa shape index (κ2) is 6.56. The number of nitrogens with two attached hydrogens (primary N) is 2. The van der Waals surface area contributed by atoms with Crippen LogP contribution in [-0.2, 0) is 9.59 Å². The third-order valence-electron chi connectivity index (χ3n) is 3.00. The minimum absolute atomic E-state index is 0.139. The predicted molar refractivity (Wildman–Crippen MR) is 83.4 cm³/mol. The van der Waals surface area contributed by atoms with Crippen molar-refractivity contribution in [2.75, 3.05) is 16.4 Å². The Labute approximate surface area is 123 Å². The molecule has 0 unspecified atom stereocenters. The third kappa shape index (κ3) is 3.82. The zero-order valence-electron chi connectivity index (χ0n) is 11.5. The standard InChI is InChI=1S/C10H10N2O2.C6H7N/c11-7-1-3-8(4-2-7)12-9(13)5-6-10(12)14;7-6-4-2-1-3-5-6/h1-4H,5-6,11H2;1-5H,7H2. The van der Waals surface area contributed by atoms with E-state index in [0.717, 1.165) is 5.69 Å². The zero-order chi connectivity index (χ0) is 15.2. The first-order chi connectivity index (χ1) is 10.1. The van der Waals surface area contributed by atoms with Crippen LogP contribution in [0.25, 0.3) is 0 Å². The summed E-state index contributed by atoms with van der Waals surface area (Å²) in [5.41, 5.74) is 12.9. The molecule has 0 spiro atoms. The van der Waals surface area contributed by atoms with Gasteiger partial charge in [-0.1, -0.05) is 18.2 Å². The van der Waals surface area contributed by atoms with Gasteiger partial charge >= 0.3 is 0 Å². The molecule has 0 aromatic heterocycles. The first kappa shape index (κ1) is 14.6. The highest BCUT2D eigenvalue weighted by molar-refractivity contribution is 6.19. The van der Waals surface area contributed by atoms with E-state index in [0.29, 0.717) is 24.2 Å². The van der Waals surface area contributed by atoms with Crippen LogP contribution in [0.5, 0.6) is 0 Å². The molecule has 5 heteroatoms. The number of nitrogen functional groups attached to an aromatic ring is 2. The number of hydrogen-bond donors (Lipinski definition) is 2. The van der Waals surface area contributed by atoms with Gasteiger partial charge < -0.3 is 11.5 Å². The topological polar surface area (TPSA) is 89.4 Å². The summed E-state index contributed by atoms with van der Waals surface area (Å²) in [6.45, 7) is 0. The Kier molecular flexibility index (Phi) is 4.56. The fourth-order valence-electron chi connectivity index (χ4n) is 1.94. The molecule has 2 amide bonds. The average molecular weight is 283 g/mol. The van der Waals surface area contributed by atoms with E-state index < -0.39 is 0 Å². The van der Waals surface area contributed by atoms with E-state index in [1.54, 1.807) is 24.3 Å². The van der Waals surface area contributed by atoms with Gasteiger partial charge in [0.15, 0.2) is 0 Å². The van der Waals surface area contributed by atoms with Crippen molar-refractivity contribution >= 4 is 28.9 Å². The minimum Gasteiger partial charge on any atom is -0.399 e. The molecule has 4 N–H and O–H groups in total. The molecule has 0 radical (unpaired) electrons. The number of benzene rings is 2. The highest BCUT2D eigenvalue weighted by Gasteiger charge is 2.29. The number of imide groups is 1.